The summed E-state index contributed by atoms with van der Waals surface area (Å²) < 4.78 is 22.5. The molecule has 2 saturated heterocycles. The fourth-order valence-corrected chi connectivity index (χ4v) is 7.29. The number of nitrogens with one attached hydrogen (secondary N) is 1. The van der Waals surface area contributed by atoms with Gasteiger partial charge in [-0.15, -0.1) is 0 Å². The molecule has 0 spiro atoms. The van der Waals surface area contributed by atoms with Crippen LogP contribution in [0.4, 0.5) is 0 Å². The second kappa shape index (κ2) is 30.7. The zero-order valence-electron chi connectivity index (χ0n) is 34.4. The number of carbonyl (C=O) groups is 1. The maximum Gasteiger partial charge on any atom is 0.220 e. The molecule has 12 unspecified atom stereocenters. The third kappa shape index (κ3) is 19.2. The Labute approximate surface area is 336 Å². The normalized spacial score (nSPS) is 29.5. The van der Waals surface area contributed by atoms with Gasteiger partial charge in [-0.2, -0.15) is 0 Å². The van der Waals surface area contributed by atoms with Crippen molar-refractivity contribution in [3.05, 3.63) is 12.2 Å². The molecule has 2 fully saturated rings. The smallest absolute Gasteiger partial charge is 0.220 e. The van der Waals surface area contributed by atoms with Crippen molar-refractivity contribution < 1.29 is 64.6 Å². The van der Waals surface area contributed by atoms with Gasteiger partial charge in [0.25, 0.3) is 0 Å². The van der Waals surface area contributed by atoms with E-state index >= 15 is 0 Å². The van der Waals surface area contributed by atoms with Gasteiger partial charge in [0.1, 0.15) is 48.8 Å². The largest absolute Gasteiger partial charge is 0.394 e. The van der Waals surface area contributed by atoms with E-state index < -0.39 is 86.8 Å². The molecule has 14 nitrogen and oxygen atoms in total. The van der Waals surface area contributed by atoms with Gasteiger partial charge in [-0.25, -0.2) is 0 Å². The summed E-state index contributed by atoms with van der Waals surface area (Å²) in [6.07, 6.45) is 11.8. The Hall–Kier alpha value is -1.27. The summed E-state index contributed by atoms with van der Waals surface area (Å²) in [6, 6.07) is -0.903. The number of hydrogen-bond donors (Lipinski definition) is 9. The number of hydrogen-bond acceptors (Lipinski definition) is 13. The summed E-state index contributed by atoms with van der Waals surface area (Å²) in [5, 5.41) is 85.9. The topological polar surface area (TPSA) is 228 Å². The van der Waals surface area contributed by atoms with Crippen LogP contribution >= 0.6 is 0 Å². The fraction of sp³-hybridized carbons (Fsp3) is 0.929. The maximum atomic E-state index is 13.0. The first kappa shape index (κ1) is 50.9. The summed E-state index contributed by atoms with van der Waals surface area (Å²) in [7, 11) is 0. The number of amides is 1. The van der Waals surface area contributed by atoms with E-state index in [2.05, 4.69) is 19.2 Å². The van der Waals surface area contributed by atoms with Crippen LogP contribution in [0.25, 0.3) is 0 Å². The van der Waals surface area contributed by atoms with Crippen molar-refractivity contribution >= 4 is 5.91 Å². The molecule has 0 saturated carbocycles. The third-order valence-corrected chi connectivity index (χ3v) is 11.0. The van der Waals surface area contributed by atoms with Crippen LogP contribution in [0.2, 0.25) is 0 Å². The van der Waals surface area contributed by atoms with E-state index in [1.54, 1.807) is 6.08 Å². The van der Waals surface area contributed by atoms with Gasteiger partial charge < -0.3 is 65.1 Å². The SMILES string of the molecule is CCCCC/C=C/C(O)C(COC1OC(CO)C(OC2OC(CO)C(O)C(O)C2O)C(O)C1O)NC(=O)CCCCCCCCCCCCCCCCCCC. The zero-order valence-corrected chi connectivity index (χ0v) is 34.4. The Morgan fingerprint density at radius 1 is 0.625 bits per heavy atom. The van der Waals surface area contributed by atoms with Gasteiger partial charge in [0.15, 0.2) is 12.6 Å². The minimum Gasteiger partial charge on any atom is -0.394 e. The molecule has 9 N–H and O–H groups in total. The van der Waals surface area contributed by atoms with Crippen LogP contribution in [0.1, 0.15) is 155 Å². The van der Waals surface area contributed by atoms with Gasteiger partial charge in [0.2, 0.25) is 5.91 Å². The van der Waals surface area contributed by atoms with Crippen LogP contribution in [0, 0.1) is 0 Å². The summed E-state index contributed by atoms with van der Waals surface area (Å²) in [4.78, 5) is 13.0. The fourth-order valence-electron chi connectivity index (χ4n) is 7.29. The Morgan fingerprint density at radius 2 is 1.11 bits per heavy atom. The zero-order chi connectivity index (χ0) is 41.1. The van der Waals surface area contributed by atoms with Gasteiger partial charge in [-0.1, -0.05) is 142 Å². The first-order valence-corrected chi connectivity index (χ1v) is 21.9. The lowest BCUT2D eigenvalue weighted by atomic mass is 9.97. The molecule has 12 atom stereocenters. The first-order valence-electron chi connectivity index (χ1n) is 21.9. The molecule has 2 aliphatic heterocycles. The van der Waals surface area contributed by atoms with Crippen LogP contribution < -0.4 is 5.32 Å². The van der Waals surface area contributed by atoms with Crippen LogP contribution in [0.15, 0.2) is 12.2 Å². The molecular weight excluding hydrogens is 726 g/mol. The molecule has 14 heteroatoms. The Balaban J connectivity index is 1.80. The lowest BCUT2D eigenvalue weighted by Gasteiger charge is -2.46. The predicted octanol–water partition coefficient (Wildman–Crippen LogP) is 3.65. The van der Waals surface area contributed by atoms with E-state index in [4.69, 9.17) is 18.9 Å². The molecule has 2 heterocycles. The Bertz CT molecular complexity index is 1000. The second-order valence-electron chi connectivity index (χ2n) is 15.8. The summed E-state index contributed by atoms with van der Waals surface area (Å²) >= 11 is 0. The van der Waals surface area contributed by atoms with Crippen molar-refractivity contribution in [1.82, 2.24) is 5.32 Å². The van der Waals surface area contributed by atoms with Crippen molar-refractivity contribution in [2.24, 2.45) is 0 Å². The molecule has 1 amide bonds. The van der Waals surface area contributed by atoms with E-state index in [0.717, 1.165) is 44.9 Å². The number of allylic oxidation sites excluding steroid dienone is 1. The van der Waals surface area contributed by atoms with Crippen LogP contribution in [0.3, 0.4) is 0 Å². The summed E-state index contributed by atoms with van der Waals surface area (Å²) in [5.74, 6) is -0.246. The highest BCUT2D eigenvalue weighted by atomic mass is 16.7. The maximum absolute atomic E-state index is 13.0. The molecular formula is C42H79NO13. The number of carbonyl (C=O) groups excluding carboxylic acids is 1. The standard InChI is InChI=1S/C42H79NO13/c1-3-5-7-9-10-11-12-13-14-15-16-17-18-19-20-22-24-26-34(47)43-30(31(46)25-23-21-8-6-4-2)29-53-41-39(52)37(50)40(33(28-45)55-41)56-42-38(51)36(49)35(48)32(27-44)54-42/h23,25,30-33,35-42,44-46,48-52H,3-22,24,26-29H2,1-2H3,(H,43,47)/b25-23+. The van der Waals surface area contributed by atoms with Crippen molar-refractivity contribution in [3.8, 4) is 0 Å². The number of unbranched alkanes of at least 4 members (excludes halogenated alkanes) is 19. The monoisotopic (exact) mass is 806 g/mol. The number of aliphatic hydroxyl groups excluding tert-OH is 8. The van der Waals surface area contributed by atoms with Crippen LogP contribution in [-0.4, -0.2) is 140 Å². The van der Waals surface area contributed by atoms with Crippen LogP contribution in [-0.2, 0) is 23.7 Å². The van der Waals surface area contributed by atoms with E-state index in [-0.39, 0.29) is 18.9 Å². The lowest BCUT2D eigenvalue weighted by molar-refractivity contribution is -0.359. The highest BCUT2D eigenvalue weighted by Crippen LogP contribution is 2.30. The number of ether oxygens (including phenoxy) is 4. The quantitative estimate of drug-likeness (QED) is 0.0350. The molecule has 0 radical (unpaired) electrons. The van der Waals surface area contributed by atoms with Gasteiger partial charge in [-0.05, 0) is 19.3 Å². The van der Waals surface area contributed by atoms with Gasteiger partial charge >= 0.3 is 0 Å². The van der Waals surface area contributed by atoms with E-state index in [9.17, 15) is 45.6 Å². The summed E-state index contributed by atoms with van der Waals surface area (Å²) in [6.45, 7) is 2.65. The van der Waals surface area contributed by atoms with E-state index in [1.807, 2.05) is 6.08 Å². The molecule has 56 heavy (non-hydrogen) atoms. The lowest BCUT2D eigenvalue weighted by Crippen LogP contribution is -2.65. The molecule has 0 aromatic carbocycles. The molecule has 0 aromatic rings. The number of aliphatic hydroxyl groups is 8. The first-order chi connectivity index (χ1) is 27.1. The molecule has 2 rings (SSSR count). The Morgan fingerprint density at radius 3 is 1.64 bits per heavy atom. The predicted molar refractivity (Wildman–Crippen MR) is 212 cm³/mol. The minimum absolute atomic E-state index is 0.246. The van der Waals surface area contributed by atoms with Crippen molar-refractivity contribution in [2.45, 2.75) is 229 Å². The van der Waals surface area contributed by atoms with Crippen LogP contribution in [0.5, 0.6) is 0 Å². The van der Waals surface area contributed by atoms with Crippen molar-refractivity contribution in [2.75, 3.05) is 19.8 Å². The molecule has 0 aliphatic carbocycles. The molecule has 0 aromatic heterocycles. The second-order valence-corrected chi connectivity index (χ2v) is 15.8. The third-order valence-electron chi connectivity index (χ3n) is 11.0. The number of rotatable bonds is 32. The van der Waals surface area contributed by atoms with Crippen molar-refractivity contribution in [1.29, 1.82) is 0 Å². The Kier molecular flexibility index (Phi) is 27.9. The molecule has 330 valence electrons. The highest BCUT2D eigenvalue weighted by Gasteiger charge is 2.50. The van der Waals surface area contributed by atoms with Gasteiger partial charge in [0, 0.05) is 6.42 Å². The van der Waals surface area contributed by atoms with E-state index in [0.29, 0.717) is 6.42 Å². The van der Waals surface area contributed by atoms with Crippen molar-refractivity contribution in [3.63, 3.8) is 0 Å². The van der Waals surface area contributed by atoms with Gasteiger partial charge in [-0.3, -0.25) is 4.79 Å². The molecule has 0 bridgehead atoms. The van der Waals surface area contributed by atoms with E-state index in [1.165, 1.54) is 83.5 Å². The molecule has 2 aliphatic rings. The average molecular weight is 806 g/mol. The highest BCUT2D eigenvalue weighted by molar-refractivity contribution is 5.76. The minimum atomic E-state index is -1.78. The average Bonchev–Trinajstić information content (AvgIpc) is 3.19. The summed E-state index contributed by atoms with van der Waals surface area (Å²) in [5.41, 5.74) is 0. The van der Waals surface area contributed by atoms with Gasteiger partial charge in [0.05, 0.1) is 32.0 Å².